The van der Waals surface area contributed by atoms with Crippen molar-refractivity contribution in [2.75, 3.05) is 33.2 Å². The molecule has 0 saturated carbocycles. The molecule has 4 N–H and O–H groups in total. The van der Waals surface area contributed by atoms with Crippen LogP contribution in [-0.4, -0.2) is 57.4 Å². The second-order valence-electron chi connectivity index (χ2n) is 8.37. The first-order valence-electron chi connectivity index (χ1n) is 10.9. The molecule has 2 fully saturated rings. The smallest absolute Gasteiger partial charge is 0.370 e. The molecule has 3 rings (SSSR count). The number of carbonyl (C=O) groups excluding carboxylic acids is 1. The number of carbonyl (C=O) groups is 1. The highest BCUT2D eigenvalue weighted by Gasteiger charge is 2.44. The molecule has 174 valence electrons. The molecule has 0 radical (unpaired) electrons. The van der Waals surface area contributed by atoms with E-state index in [0.717, 1.165) is 44.6 Å². The number of ether oxygens (including phenoxy) is 1. The van der Waals surface area contributed by atoms with Crippen molar-refractivity contribution >= 4 is 5.97 Å². The summed E-state index contributed by atoms with van der Waals surface area (Å²) in [5.41, 5.74) is 1.05. The van der Waals surface area contributed by atoms with Gasteiger partial charge in [0.15, 0.2) is 0 Å². The van der Waals surface area contributed by atoms with Gasteiger partial charge in [0, 0.05) is 31.2 Å². The van der Waals surface area contributed by atoms with E-state index in [1.165, 1.54) is 12.8 Å². The molecule has 2 aliphatic rings. The quantitative estimate of drug-likeness (QED) is 0.306. The summed E-state index contributed by atoms with van der Waals surface area (Å²) in [6.45, 7) is 8.72. The van der Waals surface area contributed by atoms with Gasteiger partial charge in [0.1, 0.15) is 19.2 Å². The minimum atomic E-state index is -0.245. The van der Waals surface area contributed by atoms with Crippen LogP contribution in [0.15, 0.2) is 30.3 Å². The lowest BCUT2D eigenvalue weighted by atomic mass is 10.00. The zero-order valence-corrected chi connectivity index (χ0v) is 20.6. The fourth-order valence-electron chi connectivity index (χ4n) is 4.95. The standard InChI is InChI=1S/C22H35N3O2.3ClH/c1-4-25(5-2)14-13-23-21(17-9-7-6-8-10-17)22(26)27-20-15-18-11-12-19(16-20)24(18)3;;;/h6-10,18-21,23H,4-5,11-16H2,1-3H3;3*1H. The van der Waals surface area contributed by atoms with Gasteiger partial charge in [-0.15, -0.1) is 0 Å². The third kappa shape index (κ3) is 7.54. The number of hydrogen-bond acceptors (Lipinski definition) is 2. The summed E-state index contributed by atoms with van der Waals surface area (Å²) in [6, 6.07) is 11.2. The molecule has 2 heterocycles. The van der Waals surface area contributed by atoms with E-state index in [1.807, 2.05) is 18.2 Å². The van der Waals surface area contributed by atoms with Crippen molar-refractivity contribution in [2.24, 2.45) is 0 Å². The van der Waals surface area contributed by atoms with Crippen LogP contribution in [0.2, 0.25) is 0 Å². The number of rotatable bonds is 9. The van der Waals surface area contributed by atoms with Gasteiger partial charge in [0.05, 0.1) is 32.2 Å². The van der Waals surface area contributed by atoms with Crippen molar-refractivity contribution in [1.29, 1.82) is 0 Å². The third-order valence-electron chi connectivity index (χ3n) is 6.84. The number of esters is 1. The Morgan fingerprint density at radius 1 is 1.10 bits per heavy atom. The molecular weight excluding hydrogens is 445 g/mol. The Labute approximate surface area is 200 Å². The van der Waals surface area contributed by atoms with Crippen LogP contribution >= 0.6 is 0 Å². The van der Waals surface area contributed by atoms with Crippen LogP contribution in [0.5, 0.6) is 0 Å². The highest BCUT2D eigenvalue weighted by molar-refractivity contribution is 5.76. The summed E-state index contributed by atoms with van der Waals surface area (Å²) in [5.74, 6) is -0.0558. The number of hydrogen-bond donors (Lipinski definition) is 3. The molecule has 0 spiro atoms. The lowest BCUT2D eigenvalue weighted by molar-refractivity contribution is -0.923. The Balaban J connectivity index is 0.00000280. The Morgan fingerprint density at radius 2 is 1.67 bits per heavy atom. The predicted octanol–water partition coefficient (Wildman–Crippen LogP) is -10.0. The van der Waals surface area contributed by atoms with Crippen molar-refractivity contribution in [2.45, 2.75) is 63.8 Å². The van der Waals surface area contributed by atoms with Crippen molar-refractivity contribution in [3.05, 3.63) is 35.9 Å². The van der Waals surface area contributed by atoms with Gasteiger partial charge >= 0.3 is 5.97 Å². The van der Waals surface area contributed by atoms with Crippen molar-refractivity contribution in [1.82, 2.24) is 0 Å². The summed E-state index contributed by atoms with van der Waals surface area (Å²) < 4.78 is 6.06. The molecule has 3 unspecified atom stereocenters. The minimum absolute atomic E-state index is 0. The fourth-order valence-corrected chi connectivity index (χ4v) is 4.95. The zero-order chi connectivity index (χ0) is 19.2. The van der Waals surface area contributed by atoms with Gasteiger partial charge in [-0.25, -0.2) is 4.79 Å². The van der Waals surface area contributed by atoms with Crippen LogP contribution in [0.25, 0.3) is 0 Å². The summed E-state index contributed by atoms with van der Waals surface area (Å²) in [5, 5.41) is 2.18. The first kappa shape index (κ1) is 29.4. The Bertz CT molecular complexity index is 591. The van der Waals surface area contributed by atoms with Crippen LogP contribution in [0.3, 0.4) is 0 Å². The number of halogens is 3. The number of nitrogens with one attached hydrogen (secondary N) is 2. The normalized spacial score (nSPS) is 25.5. The van der Waals surface area contributed by atoms with E-state index in [9.17, 15) is 4.79 Å². The Kier molecular flexibility index (Phi) is 14.2. The maximum Gasteiger partial charge on any atom is 0.370 e. The Hall–Kier alpha value is -0.560. The van der Waals surface area contributed by atoms with Gasteiger partial charge in [-0.05, 0) is 13.8 Å². The van der Waals surface area contributed by atoms with Gasteiger partial charge in [0.2, 0.25) is 6.04 Å². The van der Waals surface area contributed by atoms with E-state index in [1.54, 1.807) is 9.80 Å². The summed E-state index contributed by atoms with van der Waals surface area (Å²) >= 11 is 0. The number of quaternary nitrogens is 3. The lowest BCUT2D eigenvalue weighted by Gasteiger charge is -2.33. The van der Waals surface area contributed by atoms with E-state index in [4.69, 9.17) is 4.74 Å². The predicted molar refractivity (Wildman–Crippen MR) is 106 cm³/mol. The van der Waals surface area contributed by atoms with Crippen molar-refractivity contribution < 1.29 is 61.9 Å². The maximum absolute atomic E-state index is 13.1. The summed E-state index contributed by atoms with van der Waals surface area (Å²) in [6.07, 6.45) is 4.72. The fraction of sp³-hybridized carbons (Fsp3) is 0.682. The van der Waals surface area contributed by atoms with Gasteiger partial charge in [0.25, 0.3) is 0 Å². The van der Waals surface area contributed by atoms with Crippen LogP contribution < -0.4 is 52.3 Å². The first-order valence-corrected chi connectivity index (χ1v) is 10.9. The number of fused-ring (bicyclic) bond motifs is 2. The topological polar surface area (TPSA) is 51.8 Å². The van der Waals surface area contributed by atoms with E-state index in [2.05, 4.69) is 38.3 Å². The molecule has 5 nitrogen and oxygen atoms in total. The minimum Gasteiger partial charge on any atom is -1.00 e. The second-order valence-corrected chi connectivity index (χ2v) is 8.37. The molecule has 2 saturated heterocycles. The average Bonchev–Trinajstić information content (AvgIpc) is 2.90. The highest BCUT2D eigenvalue weighted by atomic mass is 35.5. The number of nitrogens with two attached hydrogens (primary N) is 1. The highest BCUT2D eigenvalue weighted by Crippen LogP contribution is 2.25. The molecule has 2 bridgehead atoms. The van der Waals surface area contributed by atoms with E-state index in [-0.39, 0.29) is 55.3 Å². The van der Waals surface area contributed by atoms with E-state index in [0.29, 0.717) is 12.1 Å². The molecular formula is C22H38Cl3N3O2. The monoisotopic (exact) mass is 481 g/mol. The summed E-state index contributed by atoms with van der Waals surface area (Å²) in [4.78, 5) is 16.3. The van der Waals surface area contributed by atoms with Crippen LogP contribution in [0.1, 0.15) is 51.1 Å². The van der Waals surface area contributed by atoms with E-state index < -0.39 is 0 Å². The summed E-state index contributed by atoms with van der Waals surface area (Å²) in [7, 11) is 2.30. The molecule has 3 atom stereocenters. The number of piperidine rings is 1. The first-order chi connectivity index (χ1) is 13.1. The van der Waals surface area contributed by atoms with Gasteiger partial charge in [-0.2, -0.15) is 0 Å². The second kappa shape index (κ2) is 14.5. The van der Waals surface area contributed by atoms with Gasteiger partial charge in [-0.3, -0.25) is 0 Å². The van der Waals surface area contributed by atoms with Gasteiger partial charge < -0.3 is 57.1 Å². The van der Waals surface area contributed by atoms with Crippen molar-refractivity contribution in [3.63, 3.8) is 0 Å². The molecule has 1 aromatic rings. The number of benzene rings is 1. The molecule has 0 amide bonds. The molecule has 0 aromatic heterocycles. The van der Waals surface area contributed by atoms with Crippen LogP contribution in [0, 0.1) is 0 Å². The van der Waals surface area contributed by atoms with Crippen LogP contribution in [-0.2, 0) is 9.53 Å². The molecule has 2 aliphatic heterocycles. The Morgan fingerprint density at radius 3 is 2.20 bits per heavy atom. The van der Waals surface area contributed by atoms with Crippen molar-refractivity contribution in [3.8, 4) is 0 Å². The van der Waals surface area contributed by atoms with Crippen LogP contribution in [0.4, 0.5) is 0 Å². The molecule has 1 aromatic carbocycles. The number of likely N-dealkylation sites (N-methyl/N-ethyl adjacent to an activating group) is 1. The third-order valence-corrected chi connectivity index (χ3v) is 6.84. The van der Waals surface area contributed by atoms with Gasteiger partial charge in [-0.1, -0.05) is 30.3 Å². The SMILES string of the molecule is CC[NH+](CC)CC[NH2+]C(C(=O)OC1CC2CCC(C1)[NH+]2C)c1ccccc1.[Cl-].[Cl-].[Cl-]. The molecule has 8 heteroatoms. The lowest BCUT2D eigenvalue weighted by Crippen LogP contribution is -3.15. The largest absolute Gasteiger partial charge is 1.00 e. The maximum atomic E-state index is 13.1. The molecule has 30 heavy (non-hydrogen) atoms. The molecule has 0 aliphatic carbocycles. The average molecular weight is 483 g/mol. The zero-order valence-electron chi connectivity index (χ0n) is 18.4. The van der Waals surface area contributed by atoms with E-state index >= 15 is 0 Å².